The maximum atomic E-state index is 11.6. The molecule has 26 heavy (non-hydrogen) atoms. The normalized spacial score (nSPS) is 10.9. The summed E-state index contributed by atoms with van der Waals surface area (Å²) in [6.07, 6.45) is 0. The molecule has 2 aromatic rings. The number of nitrogens with one attached hydrogen (secondary N) is 1. The maximum absolute atomic E-state index is 11.6. The van der Waals surface area contributed by atoms with Gasteiger partial charge in [-0.05, 0) is 42.5 Å². The monoisotopic (exact) mass is 377 g/mol. The van der Waals surface area contributed by atoms with Crippen molar-refractivity contribution in [1.82, 2.24) is 0 Å². The summed E-state index contributed by atoms with van der Waals surface area (Å²) in [7, 11) is 3.80. The summed E-state index contributed by atoms with van der Waals surface area (Å²) < 4.78 is 4.35. The third-order valence-corrected chi connectivity index (χ3v) is 3.82. The molecule has 2 aromatic carbocycles. The minimum atomic E-state index is -0.315. The molecule has 138 valence electrons. The van der Waals surface area contributed by atoms with Crippen LogP contribution in [-0.4, -0.2) is 31.8 Å². The molecule has 0 spiro atoms. The summed E-state index contributed by atoms with van der Waals surface area (Å²) in [5, 5.41) is 22.8. The molecule has 2 rings (SSSR count). The van der Waals surface area contributed by atoms with Gasteiger partial charge in [-0.15, -0.1) is 9.45 Å². The number of azo groups is 1. The lowest BCUT2D eigenvalue weighted by molar-refractivity contribution is -0.432. The summed E-state index contributed by atoms with van der Waals surface area (Å²) in [6.45, 7) is -0.123. The molecule has 0 aromatic heterocycles. The number of carbonyl (C=O) groups excluding carboxylic acids is 1. The molecule has 0 aliphatic rings. The Balaban J connectivity index is 2.21. The van der Waals surface area contributed by atoms with Crippen LogP contribution in [0.2, 0.25) is 0 Å². The van der Waals surface area contributed by atoms with E-state index in [2.05, 4.69) is 24.9 Å². The molecule has 0 saturated heterocycles. The predicted molar refractivity (Wildman–Crippen MR) is 99.7 cm³/mol. The number of nitrogens with zero attached hydrogens (tertiary/aromatic N) is 3. The predicted octanol–water partition coefficient (Wildman–Crippen LogP) is 3.49. The van der Waals surface area contributed by atoms with E-state index in [4.69, 9.17) is 11.0 Å². The van der Waals surface area contributed by atoms with Crippen LogP contribution in [-0.2, 0) is 14.2 Å². The average molecular weight is 377 g/mol. The van der Waals surface area contributed by atoms with E-state index < -0.39 is 0 Å². The molecule has 0 atom stereocenters. The van der Waals surface area contributed by atoms with Crippen molar-refractivity contribution < 1.29 is 19.4 Å². The molecule has 0 heterocycles. The Morgan fingerprint density at radius 1 is 1.23 bits per heavy atom. The summed E-state index contributed by atoms with van der Waals surface area (Å²) >= 11 is 0.851. The molecule has 0 aliphatic heterocycles. The quantitative estimate of drug-likeness (QED) is 0.278. The van der Waals surface area contributed by atoms with Gasteiger partial charge in [0.15, 0.2) is 0 Å². The van der Waals surface area contributed by atoms with Gasteiger partial charge >= 0.3 is 0 Å². The minimum Gasteiger partial charge on any atom is -0.378 e. The van der Waals surface area contributed by atoms with Gasteiger partial charge in [-0.25, -0.2) is 5.26 Å². The van der Waals surface area contributed by atoms with Gasteiger partial charge in [-0.1, -0.05) is 5.04 Å². The first-order valence-corrected chi connectivity index (χ1v) is 8.25. The van der Waals surface area contributed by atoms with Gasteiger partial charge in [0.05, 0.1) is 30.0 Å². The molecule has 0 fully saturated rings. The number of carbonyl (C=O) groups is 1. The van der Waals surface area contributed by atoms with E-state index in [1.165, 1.54) is 0 Å². The van der Waals surface area contributed by atoms with Gasteiger partial charge in [0.2, 0.25) is 5.91 Å². The topological polar surface area (TPSA) is 122 Å². The van der Waals surface area contributed by atoms with Crippen LogP contribution in [0.25, 0.3) is 0 Å². The van der Waals surface area contributed by atoms with Crippen LogP contribution in [0.15, 0.2) is 57.6 Å². The Hall–Kier alpha value is -2.50. The lowest BCUT2D eigenvalue weighted by atomic mass is 10.2. The lowest BCUT2D eigenvalue weighted by Crippen LogP contribution is -2.22. The standard InChI is InChI=1S/C16H19N5O4S/c1-21(2)12-5-8-14(15(9-12)18-16(22)10-17)20-19-11-3-6-13(7-4-11)26-25-24-23/h3-9,23H,10,17H2,1-2H3,(H,18,22)/b20-19+. The Morgan fingerprint density at radius 3 is 2.58 bits per heavy atom. The highest BCUT2D eigenvalue weighted by atomic mass is 32.2. The van der Waals surface area contributed by atoms with Crippen LogP contribution in [0.3, 0.4) is 0 Å². The van der Waals surface area contributed by atoms with E-state index in [0.717, 1.165) is 17.7 Å². The molecule has 0 aliphatic carbocycles. The fourth-order valence-electron chi connectivity index (χ4n) is 1.93. The number of hydrogen-bond acceptors (Lipinski definition) is 9. The fraction of sp³-hybridized carbons (Fsp3) is 0.188. The van der Waals surface area contributed by atoms with Crippen LogP contribution in [0.4, 0.5) is 22.7 Å². The highest BCUT2D eigenvalue weighted by molar-refractivity contribution is 7.94. The van der Waals surface area contributed by atoms with Crippen molar-refractivity contribution in [2.45, 2.75) is 4.90 Å². The zero-order valence-corrected chi connectivity index (χ0v) is 15.1. The zero-order chi connectivity index (χ0) is 18.9. The molecule has 0 radical (unpaired) electrons. The van der Waals surface area contributed by atoms with E-state index in [1.54, 1.807) is 36.4 Å². The second kappa shape index (κ2) is 9.85. The van der Waals surface area contributed by atoms with E-state index in [0.29, 0.717) is 22.0 Å². The van der Waals surface area contributed by atoms with Crippen molar-refractivity contribution in [2.75, 3.05) is 30.9 Å². The highest BCUT2D eigenvalue weighted by Gasteiger charge is 2.08. The first kappa shape index (κ1) is 19.8. The molecule has 9 nitrogen and oxygen atoms in total. The SMILES string of the molecule is CN(C)c1ccc(/N=N/c2ccc(SOOO)cc2)c(NC(=O)CN)c1. The number of anilines is 2. The van der Waals surface area contributed by atoms with Crippen LogP contribution in [0, 0.1) is 0 Å². The fourth-order valence-corrected chi connectivity index (χ4v) is 2.28. The number of amides is 1. The van der Waals surface area contributed by atoms with Gasteiger partial charge in [0.25, 0.3) is 0 Å². The van der Waals surface area contributed by atoms with Gasteiger partial charge in [0.1, 0.15) is 5.69 Å². The van der Waals surface area contributed by atoms with Gasteiger partial charge in [0, 0.05) is 24.7 Å². The van der Waals surface area contributed by atoms with Crippen molar-refractivity contribution >= 4 is 40.7 Å². The number of hydrogen-bond donors (Lipinski definition) is 3. The molecular weight excluding hydrogens is 358 g/mol. The number of rotatable bonds is 8. The summed E-state index contributed by atoms with van der Waals surface area (Å²) in [5.74, 6) is -0.315. The van der Waals surface area contributed by atoms with Crippen molar-refractivity contribution in [3.8, 4) is 0 Å². The van der Waals surface area contributed by atoms with E-state index in [-0.39, 0.29) is 12.5 Å². The smallest absolute Gasteiger partial charge is 0.238 e. The average Bonchev–Trinajstić information content (AvgIpc) is 2.65. The molecule has 1 amide bonds. The van der Waals surface area contributed by atoms with E-state index >= 15 is 0 Å². The molecule has 10 heteroatoms. The van der Waals surface area contributed by atoms with Crippen LogP contribution in [0.5, 0.6) is 0 Å². The van der Waals surface area contributed by atoms with Crippen molar-refractivity contribution in [3.05, 3.63) is 42.5 Å². The molecular formula is C16H19N5O4S. The Morgan fingerprint density at radius 2 is 1.96 bits per heavy atom. The minimum absolute atomic E-state index is 0.123. The Kier molecular flexibility index (Phi) is 7.51. The highest BCUT2D eigenvalue weighted by Crippen LogP contribution is 2.31. The lowest BCUT2D eigenvalue weighted by Gasteiger charge is -2.15. The van der Waals surface area contributed by atoms with E-state index in [1.807, 2.05) is 25.1 Å². The van der Waals surface area contributed by atoms with Crippen molar-refractivity contribution in [2.24, 2.45) is 16.0 Å². The van der Waals surface area contributed by atoms with Crippen molar-refractivity contribution in [1.29, 1.82) is 0 Å². The number of benzene rings is 2. The Bertz CT molecular complexity index is 768. The Labute approximate surface area is 154 Å². The van der Waals surface area contributed by atoms with Crippen LogP contribution in [0.1, 0.15) is 0 Å². The first-order valence-electron chi connectivity index (χ1n) is 7.51. The molecule has 4 N–H and O–H groups in total. The second-order valence-corrected chi connectivity index (χ2v) is 6.04. The number of nitrogens with two attached hydrogens (primary N) is 1. The van der Waals surface area contributed by atoms with Crippen LogP contribution < -0.4 is 16.0 Å². The third kappa shape index (κ3) is 5.79. The molecule has 0 bridgehead atoms. The zero-order valence-electron chi connectivity index (χ0n) is 14.2. The largest absolute Gasteiger partial charge is 0.378 e. The van der Waals surface area contributed by atoms with Crippen molar-refractivity contribution in [3.63, 3.8) is 0 Å². The summed E-state index contributed by atoms with van der Waals surface area (Å²) in [4.78, 5) is 14.3. The maximum Gasteiger partial charge on any atom is 0.238 e. The third-order valence-electron chi connectivity index (χ3n) is 3.23. The summed E-state index contributed by atoms with van der Waals surface area (Å²) in [6, 6.07) is 12.3. The van der Waals surface area contributed by atoms with E-state index in [9.17, 15) is 4.79 Å². The molecule has 0 unspecified atom stereocenters. The van der Waals surface area contributed by atoms with Gasteiger partial charge in [-0.3, -0.25) is 4.79 Å². The second-order valence-electron chi connectivity index (χ2n) is 5.27. The van der Waals surface area contributed by atoms with Crippen LogP contribution >= 0.6 is 12.0 Å². The van der Waals surface area contributed by atoms with Gasteiger partial charge in [-0.2, -0.15) is 5.11 Å². The molecule has 0 saturated carbocycles. The first-order chi connectivity index (χ1) is 12.5. The van der Waals surface area contributed by atoms with Gasteiger partial charge < -0.3 is 16.0 Å². The summed E-state index contributed by atoms with van der Waals surface area (Å²) in [5.41, 5.74) is 7.91.